The van der Waals surface area contributed by atoms with Crippen molar-refractivity contribution in [1.82, 2.24) is 9.80 Å². The minimum atomic E-state index is -0.977. The van der Waals surface area contributed by atoms with Gasteiger partial charge in [-0.25, -0.2) is 4.79 Å². The lowest BCUT2D eigenvalue weighted by Crippen LogP contribution is -2.62. The summed E-state index contributed by atoms with van der Waals surface area (Å²) in [7, 11) is 2.00. The van der Waals surface area contributed by atoms with Crippen LogP contribution in [0.2, 0.25) is 0 Å². The molecule has 5 nitrogen and oxygen atoms in total. The van der Waals surface area contributed by atoms with Gasteiger partial charge in [0.15, 0.2) is 0 Å². The first kappa shape index (κ1) is 12.4. The molecule has 1 aliphatic carbocycles. The summed E-state index contributed by atoms with van der Waals surface area (Å²) in [6.07, 6.45) is 3.67. The summed E-state index contributed by atoms with van der Waals surface area (Å²) in [6.45, 7) is 2.75. The van der Waals surface area contributed by atoms with Gasteiger partial charge < -0.3 is 14.9 Å². The molecule has 2 fully saturated rings. The monoisotopic (exact) mass is 240 g/mol. The van der Waals surface area contributed by atoms with E-state index in [0.717, 1.165) is 25.8 Å². The Balaban J connectivity index is 2.25. The highest BCUT2D eigenvalue weighted by Gasteiger charge is 2.52. The van der Waals surface area contributed by atoms with E-state index in [1.807, 2.05) is 14.0 Å². The van der Waals surface area contributed by atoms with Crippen LogP contribution in [0.3, 0.4) is 0 Å². The Bertz CT molecular complexity index is 330. The van der Waals surface area contributed by atoms with Crippen molar-refractivity contribution in [3.8, 4) is 0 Å². The second-order valence-corrected chi connectivity index (χ2v) is 5.36. The summed E-state index contributed by atoms with van der Waals surface area (Å²) in [4.78, 5) is 26.6. The van der Waals surface area contributed by atoms with Crippen molar-refractivity contribution in [2.45, 2.75) is 50.2 Å². The quantitative estimate of drug-likeness (QED) is 0.729. The Morgan fingerprint density at radius 3 is 2.59 bits per heavy atom. The van der Waals surface area contributed by atoms with Crippen molar-refractivity contribution >= 4 is 12.4 Å². The number of hydrogen-bond acceptors (Lipinski definition) is 3. The van der Waals surface area contributed by atoms with Gasteiger partial charge in [-0.15, -0.1) is 0 Å². The molecular formula is C12H20N2O3. The number of carboxylic acid groups (broad SMARTS) is 1. The van der Waals surface area contributed by atoms with Crippen LogP contribution in [0.25, 0.3) is 0 Å². The van der Waals surface area contributed by atoms with Crippen LogP contribution in [0, 0.1) is 0 Å². The molecule has 96 valence electrons. The Kier molecular flexibility index (Phi) is 3.12. The normalized spacial score (nSPS) is 34.4. The number of carbonyl (C=O) groups is 2. The average molecular weight is 240 g/mol. The standard InChI is InChI=1S/C12H20N2O3/c1-9-7-12(11(16)17,5-6-13(9)2)14(8-15)10-3-4-10/h8-10H,3-7H2,1-2H3,(H,16,17). The zero-order valence-corrected chi connectivity index (χ0v) is 10.4. The smallest absolute Gasteiger partial charge is 0.329 e. The summed E-state index contributed by atoms with van der Waals surface area (Å²) in [6, 6.07) is 0.347. The van der Waals surface area contributed by atoms with E-state index in [1.54, 1.807) is 4.90 Å². The molecule has 2 aliphatic rings. The summed E-state index contributed by atoms with van der Waals surface area (Å²) >= 11 is 0. The zero-order chi connectivity index (χ0) is 12.6. The predicted octanol–water partition coefficient (Wildman–Crippen LogP) is 0.545. The summed E-state index contributed by atoms with van der Waals surface area (Å²) < 4.78 is 0. The van der Waals surface area contributed by atoms with Crippen LogP contribution >= 0.6 is 0 Å². The number of carbonyl (C=O) groups excluding carboxylic acids is 1. The number of likely N-dealkylation sites (tertiary alicyclic amines) is 1. The molecule has 0 aromatic rings. The lowest BCUT2D eigenvalue weighted by Gasteiger charge is -2.46. The van der Waals surface area contributed by atoms with Crippen LogP contribution in [0.1, 0.15) is 32.6 Å². The fraction of sp³-hybridized carbons (Fsp3) is 0.833. The number of rotatable bonds is 4. The van der Waals surface area contributed by atoms with Crippen LogP contribution in [0.15, 0.2) is 0 Å². The molecule has 5 heteroatoms. The maximum absolute atomic E-state index is 11.6. The molecule has 1 saturated heterocycles. The van der Waals surface area contributed by atoms with Gasteiger partial charge in [0, 0.05) is 18.6 Å². The van der Waals surface area contributed by atoms with Gasteiger partial charge in [0.1, 0.15) is 5.54 Å². The van der Waals surface area contributed by atoms with E-state index in [1.165, 1.54) is 0 Å². The van der Waals surface area contributed by atoms with E-state index < -0.39 is 11.5 Å². The number of hydrogen-bond donors (Lipinski definition) is 1. The molecule has 0 aromatic heterocycles. The number of aliphatic carboxylic acids is 1. The van der Waals surface area contributed by atoms with E-state index in [-0.39, 0.29) is 12.1 Å². The largest absolute Gasteiger partial charge is 0.479 e. The first-order valence-electron chi connectivity index (χ1n) is 6.18. The highest BCUT2D eigenvalue weighted by molar-refractivity contribution is 5.82. The highest BCUT2D eigenvalue weighted by Crippen LogP contribution is 2.38. The molecule has 0 radical (unpaired) electrons. The van der Waals surface area contributed by atoms with Crippen molar-refractivity contribution < 1.29 is 14.7 Å². The van der Waals surface area contributed by atoms with Gasteiger partial charge in [-0.1, -0.05) is 0 Å². The molecule has 17 heavy (non-hydrogen) atoms. The van der Waals surface area contributed by atoms with Crippen molar-refractivity contribution in [2.75, 3.05) is 13.6 Å². The van der Waals surface area contributed by atoms with Crippen LogP contribution in [0.4, 0.5) is 0 Å². The molecule has 1 amide bonds. The minimum Gasteiger partial charge on any atom is -0.479 e. The maximum atomic E-state index is 11.6. The number of amides is 1. The lowest BCUT2D eigenvalue weighted by molar-refractivity contribution is -0.160. The average Bonchev–Trinajstić information content (AvgIpc) is 3.08. The molecule has 2 rings (SSSR count). The van der Waals surface area contributed by atoms with E-state index in [9.17, 15) is 14.7 Å². The topological polar surface area (TPSA) is 60.9 Å². The molecule has 1 heterocycles. The molecule has 0 bridgehead atoms. The van der Waals surface area contributed by atoms with Gasteiger partial charge in [-0.3, -0.25) is 4.79 Å². The molecule has 1 aliphatic heterocycles. The number of nitrogens with zero attached hydrogens (tertiary/aromatic N) is 2. The zero-order valence-electron chi connectivity index (χ0n) is 10.4. The SMILES string of the molecule is CC1CC(C(=O)O)(N(C=O)C2CC2)CCN1C. The first-order chi connectivity index (χ1) is 8.01. The van der Waals surface area contributed by atoms with E-state index >= 15 is 0 Å². The van der Waals surface area contributed by atoms with E-state index in [2.05, 4.69) is 4.90 Å². The summed E-state index contributed by atoms with van der Waals surface area (Å²) in [5.41, 5.74) is -0.977. The first-order valence-corrected chi connectivity index (χ1v) is 6.18. The Labute approximate surface area is 101 Å². The molecule has 0 spiro atoms. The Morgan fingerprint density at radius 1 is 1.53 bits per heavy atom. The summed E-state index contributed by atoms with van der Waals surface area (Å²) in [5, 5.41) is 9.55. The van der Waals surface area contributed by atoms with Crippen LogP contribution in [-0.2, 0) is 9.59 Å². The molecule has 2 unspecified atom stereocenters. The predicted molar refractivity (Wildman–Crippen MR) is 62.6 cm³/mol. The molecule has 2 atom stereocenters. The fourth-order valence-electron chi connectivity index (χ4n) is 2.76. The Hall–Kier alpha value is -1.10. The molecule has 1 N–H and O–H groups in total. The van der Waals surface area contributed by atoms with Crippen molar-refractivity contribution in [3.63, 3.8) is 0 Å². The number of piperidine rings is 1. The van der Waals surface area contributed by atoms with Gasteiger partial charge in [-0.05, 0) is 39.7 Å². The van der Waals surface area contributed by atoms with Gasteiger partial charge in [0.25, 0.3) is 0 Å². The van der Waals surface area contributed by atoms with Crippen molar-refractivity contribution in [2.24, 2.45) is 0 Å². The second kappa shape index (κ2) is 4.29. The van der Waals surface area contributed by atoms with Gasteiger partial charge >= 0.3 is 5.97 Å². The fourth-order valence-corrected chi connectivity index (χ4v) is 2.76. The van der Waals surface area contributed by atoms with Gasteiger partial charge in [-0.2, -0.15) is 0 Å². The number of carboxylic acids is 1. The third-order valence-corrected chi connectivity index (χ3v) is 4.21. The van der Waals surface area contributed by atoms with Crippen LogP contribution < -0.4 is 0 Å². The highest BCUT2D eigenvalue weighted by atomic mass is 16.4. The molecule has 1 saturated carbocycles. The van der Waals surface area contributed by atoms with Crippen molar-refractivity contribution in [3.05, 3.63) is 0 Å². The van der Waals surface area contributed by atoms with Crippen LogP contribution in [0.5, 0.6) is 0 Å². The lowest BCUT2D eigenvalue weighted by atomic mass is 9.82. The summed E-state index contributed by atoms with van der Waals surface area (Å²) in [5.74, 6) is -0.851. The van der Waals surface area contributed by atoms with E-state index in [4.69, 9.17) is 0 Å². The van der Waals surface area contributed by atoms with E-state index in [0.29, 0.717) is 12.8 Å². The molecule has 0 aromatic carbocycles. The van der Waals surface area contributed by atoms with Gasteiger partial charge in [0.2, 0.25) is 6.41 Å². The Morgan fingerprint density at radius 2 is 2.18 bits per heavy atom. The second-order valence-electron chi connectivity index (χ2n) is 5.36. The molecular weight excluding hydrogens is 220 g/mol. The third-order valence-electron chi connectivity index (χ3n) is 4.21. The maximum Gasteiger partial charge on any atom is 0.329 e. The minimum absolute atomic E-state index is 0.152. The van der Waals surface area contributed by atoms with Gasteiger partial charge in [0.05, 0.1) is 0 Å². The third kappa shape index (κ3) is 2.04. The van der Waals surface area contributed by atoms with Crippen molar-refractivity contribution in [1.29, 1.82) is 0 Å². The van der Waals surface area contributed by atoms with Crippen LogP contribution in [-0.4, -0.2) is 58.5 Å².